The maximum atomic E-state index is 5.71. The Hall–Kier alpha value is -7.64. The number of thiophene rings is 2. The average molecular weight is 823 g/mol. The van der Waals surface area contributed by atoms with Gasteiger partial charge in [0.15, 0.2) is 0 Å². The summed E-state index contributed by atoms with van der Waals surface area (Å²) in [5.41, 5.74) is 12.7. The number of para-hydroxylation sites is 1. The molecule has 62 heavy (non-hydrogen) atoms. The van der Waals surface area contributed by atoms with E-state index in [0.29, 0.717) is 5.95 Å². The van der Waals surface area contributed by atoms with Gasteiger partial charge in [0.05, 0.1) is 33.3 Å². The Morgan fingerprint density at radius 1 is 0.371 bits per heavy atom. The fourth-order valence-electron chi connectivity index (χ4n) is 10.8. The van der Waals surface area contributed by atoms with Crippen molar-refractivity contribution in [2.75, 3.05) is 0 Å². The van der Waals surface area contributed by atoms with E-state index in [0.717, 1.165) is 38.1 Å². The van der Waals surface area contributed by atoms with Gasteiger partial charge in [-0.3, -0.25) is 4.57 Å². The van der Waals surface area contributed by atoms with E-state index in [4.69, 9.17) is 9.97 Å². The first-order valence-electron chi connectivity index (χ1n) is 21.0. The molecule has 0 aliphatic heterocycles. The summed E-state index contributed by atoms with van der Waals surface area (Å²) in [5, 5.41) is 12.5. The van der Waals surface area contributed by atoms with Gasteiger partial charge in [-0.1, -0.05) is 133 Å². The van der Waals surface area contributed by atoms with E-state index in [9.17, 15) is 0 Å². The van der Waals surface area contributed by atoms with Crippen LogP contribution in [0, 0.1) is 0 Å². The van der Waals surface area contributed by atoms with Crippen LogP contribution in [0.1, 0.15) is 0 Å². The lowest BCUT2D eigenvalue weighted by Gasteiger charge is -2.14. The Morgan fingerprint density at radius 2 is 1.05 bits per heavy atom. The van der Waals surface area contributed by atoms with Crippen molar-refractivity contribution in [1.29, 1.82) is 0 Å². The van der Waals surface area contributed by atoms with Crippen molar-refractivity contribution in [2.45, 2.75) is 0 Å². The van der Waals surface area contributed by atoms with E-state index in [1.165, 1.54) is 95.8 Å². The predicted octanol–water partition coefficient (Wildman–Crippen LogP) is 15.9. The molecule has 0 saturated heterocycles. The second-order valence-electron chi connectivity index (χ2n) is 16.4. The van der Waals surface area contributed by atoms with Crippen molar-refractivity contribution in [3.8, 4) is 39.5 Å². The molecule has 4 nitrogen and oxygen atoms in total. The summed E-state index contributed by atoms with van der Waals surface area (Å²) in [4.78, 5) is 12.2. The van der Waals surface area contributed by atoms with E-state index in [1.54, 1.807) is 11.3 Å². The first-order valence-corrected chi connectivity index (χ1v) is 22.6. The Kier molecular flexibility index (Phi) is 6.42. The molecule has 6 heterocycles. The molecule has 6 aromatic heterocycles. The molecule has 6 heteroatoms. The van der Waals surface area contributed by atoms with Crippen molar-refractivity contribution in [3.63, 3.8) is 0 Å². The van der Waals surface area contributed by atoms with Gasteiger partial charge in [0.2, 0.25) is 5.95 Å². The molecule has 0 unspecified atom stereocenters. The van der Waals surface area contributed by atoms with Crippen molar-refractivity contribution >= 4 is 123 Å². The van der Waals surface area contributed by atoms with Crippen molar-refractivity contribution in [2.24, 2.45) is 0 Å². The van der Waals surface area contributed by atoms with Crippen molar-refractivity contribution in [1.82, 2.24) is 18.9 Å². The summed E-state index contributed by atoms with van der Waals surface area (Å²) in [6.07, 6.45) is 0. The summed E-state index contributed by atoms with van der Waals surface area (Å²) in [5.74, 6) is 0.681. The number of fused-ring (bicyclic) bond motifs is 8. The van der Waals surface area contributed by atoms with Gasteiger partial charge in [-0.2, -0.15) is 0 Å². The largest absolute Gasteiger partial charge is 0.308 e. The van der Waals surface area contributed by atoms with Crippen LogP contribution in [-0.2, 0) is 0 Å². The minimum Gasteiger partial charge on any atom is -0.308 e. The zero-order valence-corrected chi connectivity index (χ0v) is 34.6. The lowest BCUT2D eigenvalue weighted by atomic mass is 9.90. The lowest BCUT2D eigenvalue weighted by Crippen LogP contribution is -2.03. The zero-order chi connectivity index (χ0) is 40.2. The third-order valence-corrected chi connectivity index (χ3v) is 15.5. The van der Waals surface area contributed by atoms with Crippen LogP contribution >= 0.6 is 22.7 Å². The molecule has 286 valence electrons. The quantitative estimate of drug-likeness (QED) is 0.177. The molecule has 0 aliphatic rings. The van der Waals surface area contributed by atoms with Crippen molar-refractivity contribution < 1.29 is 0 Å². The minimum atomic E-state index is 0.681. The van der Waals surface area contributed by atoms with Gasteiger partial charge >= 0.3 is 0 Å². The van der Waals surface area contributed by atoms with Crippen LogP contribution in [-0.4, -0.2) is 18.9 Å². The Labute approximate surface area is 361 Å². The van der Waals surface area contributed by atoms with Gasteiger partial charge in [0, 0.05) is 62.8 Å². The van der Waals surface area contributed by atoms with Gasteiger partial charge in [-0.25, -0.2) is 9.97 Å². The summed E-state index contributed by atoms with van der Waals surface area (Å²) >= 11 is 3.63. The standard InChI is InChI=1S/C56H30N4S2/c1-2-12-31(13-3-1)35-20-9-14-32-15-10-21-36(47(32)35)33-16-8-17-34(30-33)53-48-39-19-5-7-25-44(39)62-55(48)58-56(57-53)60-42-24-11-23-41-49(42)50-43(60)27-29-45-51(50)52-46(61-45)28-26-38-37-18-4-6-22-40(37)59(41)54(38)52/h1-30H. The van der Waals surface area contributed by atoms with Gasteiger partial charge in [0.1, 0.15) is 4.83 Å². The molecule has 0 fully saturated rings. The van der Waals surface area contributed by atoms with Crippen molar-refractivity contribution in [3.05, 3.63) is 182 Å². The SMILES string of the molecule is c1ccc(-c2cccc3cccc(-c4cccc(-c5nc(-n6c7ccc8sc9ccc%10c%11ccccc%11n%11c%12cccc6c%12c7c8c9c%10%11)nc6sc7ccccc7c56)c4)c23)cc1. The van der Waals surface area contributed by atoms with Crippen LogP contribution in [0.2, 0.25) is 0 Å². The molecule has 0 spiro atoms. The molecule has 0 atom stereocenters. The second kappa shape index (κ2) is 12.0. The fraction of sp³-hybridized carbons (Fsp3) is 0. The predicted molar refractivity (Wildman–Crippen MR) is 264 cm³/mol. The lowest BCUT2D eigenvalue weighted by molar-refractivity contribution is 1.02. The normalized spacial score (nSPS) is 12.5. The van der Waals surface area contributed by atoms with E-state index < -0.39 is 0 Å². The van der Waals surface area contributed by atoms with Crippen LogP contribution < -0.4 is 0 Å². The highest BCUT2D eigenvalue weighted by Gasteiger charge is 2.27. The molecule has 0 bridgehead atoms. The summed E-state index contributed by atoms with van der Waals surface area (Å²) < 4.78 is 8.67. The van der Waals surface area contributed by atoms with Gasteiger partial charge in [-0.15, -0.1) is 22.7 Å². The molecule has 15 aromatic rings. The summed E-state index contributed by atoms with van der Waals surface area (Å²) in [6, 6.07) is 66.6. The topological polar surface area (TPSA) is 35.1 Å². The van der Waals surface area contributed by atoms with Gasteiger partial charge < -0.3 is 4.40 Å². The maximum absolute atomic E-state index is 5.71. The fourth-order valence-corrected chi connectivity index (χ4v) is 13.0. The molecular formula is C56H30N4S2. The number of rotatable bonds is 4. The second-order valence-corrected chi connectivity index (χ2v) is 18.6. The average Bonchev–Trinajstić information content (AvgIpc) is 4.06. The van der Waals surface area contributed by atoms with Crippen LogP contribution in [0.3, 0.4) is 0 Å². The van der Waals surface area contributed by atoms with Crippen LogP contribution in [0.4, 0.5) is 0 Å². The molecule has 0 radical (unpaired) electrons. The smallest absolute Gasteiger partial charge is 0.236 e. The molecular weight excluding hydrogens is 793 g/mol. The van der Waals surface area contributed by atoms with E-state index in [-0.39, 0.29) is 0 Å². The van der Waals surface area contributed by atoms with Crippen LogP contribution in [0.5, 0.6) is 0 Å². The molecule has 15 rings (SSSR count). The summed E-state index contributed by atoms with van der Waals surface area (Å²) in [6.45, 7) is 0. The number of hydrogen-bond donors (Lipinski definition) is 0. The monoisotopic (exact) mass is 822 g/mol. The highest BCUT2D eigenvalue weighted by molar-refractivity contribution is 7.26. The van der Waals surface area contributed by atoms with Crippen LogP contribution in [0.25, 0.3) is 140 Å². The molecule has 9 aromatic carbocycles. The highest BCUT2D eigenvalue weighted by Crippen LogP contribution is 2.50. The molecule has 0 saturated carbocycles. The highest BCUT2D eigenvalue weighted by atomic mass is 32.1. The van der Waals surface area contributed by atoms with E-state index in [1.807, 2.05) is 11.3 Å². The Bertz CT molecular complexity index is 4330. The molecule has 0 amide bonds. The number of aromatic nitrogens is 4. The number of hydrogen-bond acceptors (Lipinski definition) is 4. The maximum Gasteiger partial charge on any atom is 0.236 e. The Morgan fingerprint density at radius 3 is 1.95 bits per heavy atom. The van der Waals surface area contributed by atoms with E-state index in [2.05, 4.69) is 191 Å². The third kappa shape index (κ3) is 4.25. The summed E-state index contributed by atoms with van der Waals surface area (Å²) in [7, 11) is 0. The number of nitrogens with zero attached hydrogens (tertiary/aromatic N) is 4. The molecule has 0 aliphatic carbocycles. The molecule has 0 N–H and O–H groups in total. The number of benzene rings is 9. The van der Waals surface area contributed by atoms with E-state index >= 15 is 0 Å². The first kappa shape index (κ1) is 33.1. The van der Waals surface area contributed by atoms with Crippen LogP contribution in [0.15, 0.2) is 182 Å². The van der Waals surface area contributed by atoms with Gasteiger partial charge in [0.25, 0.3) is 0 Å². The zero-order valence-electron chi connectivity index (χ0n) is 32.9. The third-order valence-electron chi connectivity index (χ3n) is 13.3. The minimum absolute atomic E-state index is 0.681. The first-order chi connectivity index (χ1) is 30.8. The van der Waals surface area contributed by atoms with Gasteiger partial charge in [-0.05, 0) is 81.6 Å². The Balaban J connectivity index is 1.04.